The number of methoxy groups -OCH3 is 1. The lowest BCUT2D eigenvalue weighted by Crippen LogP contribution is -2.25. The van der Waals surface area contributed by atoms with Gasteiger partial charge in [0, 0.05) is 30.3 Å². The molecule has 3 rings (SSSR count). The number of fused-ring (bicyclic) bond motifs is 1. The maximum atomic E-state index is 12.1. The Morgan fingerprint density at radius 1 is 1.04 bits per heavy atom. The van der Waals surface area contributed by atoms with Crippen LogP contribution in [-0.2, 0) is 4.79 Å². The first-order valence-corrected chi connectivity index (χ1v) is 8.77. The lowest BCUT2D eigenvalue weighted by Gasteiger charge is -2.19. The second kappa shape index (κ2) is 8.93. The van der Waals surface area contributed by atoms with Gasteiger partial charge in [-0.25, -0.2) is 0 Å². The molecule has 27 heavy (non-hydrogen) atoms. The fraction of sp³-hybridized carbons (Fsp3) is 0.300. The van der Waals surface area contributed by atoms with Crippen molar-refractivity contribution in [3.63, 3.8) is 0 Å². The van der Waals surface area contributed by atoms with Crippen molar-refractivity contribution in [1.29, 1.82) is 0 Å². The highest BCUT2D eigenvalue weighted by molar-refractivity contribution is 5.94. The quantitative estimate of drug-likeness (QED) is 0.732. The Balaban J connectivity index is 1.39. The molecule has 0 aliphatic carbocycles. The molecule has 2 amide bonds. The van der Waals surface area contributed by atoms with Gasteiger partial charge in [-0.2, -0.15) is 0 Å². The van der Waals surface area contributed by atoms with Crippen LogP contribution < -0.4 is 24.8 Å². The molecule has 7 heteroatoms. The van der Waals surface area contributed by atoms with Gasteiger partial charge in [-0.3, -0.25) is 9.59 Å². The van der Waals surface area contributed by atoms with E-state index in [0.717, 1.165) is 0 Å². The first-order chi connectivity index (χ1) is 13.2. The largest absolute Gasteiger partial charge is 0.497 e. The van der Waals surface area contributed by atoms with Crippen molar-refractivity contribution >= 4 is 17.5 Å². The average Bonchev–Trinajstić information content (AvgIpc) is 2.71. The molecule has 1 aliphatic rings. The highest BCUT2D eigenvalue weighted by Crippen LogP contribution is 2.32. The zero-order valence-electron chi connectivity index (χ0n) is 15.1. The topological polar surface area (TPSA) is 85.9 Å². The summed E-state index contributed by atoms with van der Waals surface area (Å²) in [5.41, 5.74) is 1.21. The van der Waals surface area contributed by atoms with Gasteiger partial charge in [0.15, 0.2) is 11.5 Å². The second-order valence-corrected chi connectivity index (χ2v) is 5.99. The number of benzene rings is 2. The van der Waals surface area contributed by atoms with Crippen LogP contribution in [0.2, 0.25) is 0 Å². The van der Waals surface area contributed by atoms with Crippen LogP contribution in [0.5, 0.6) is 17.2 Å². The zero-order chi connectivity index (χ0) is 19.1. The van der Waals surface area contributed by atoms with Gasteiger partial charge in [0.05, 0.1) is 7.11 Å². The van der Waals surface area contributed by atoms with Crippen molar-refractivity contribution in [2.24, 2.45) is 0 Å². The molecule has 1 heterocycles. The maximum absolute atomic E-state index is 12.1. The monoisotopic (exact) mass is 370 g/mol. The van der Waals surface area contributed by atoms with Gasteiger partial charge in [0.2, 0.25) is 5.91 Å². The number of hydrogen-bond donors (Lipinski definition) is 2. The normalized spacial score (nSPS) is 12.2. The van der Waals surface area contributed by atoms with E-state index in [0.29, 0.717) is 61.1 Å². The molecule has 7 nitrogen and oxygen atoms in total. The van der Waals surface area contributed by atoms with Gasteiger partial charge >= 0.3 is 0 Å². The highest BCUT2D eigenvalue weighted by atomic mass is 16.6. The molecule has 2 aromatic carbocycles. The summed E-state index contributed by atoms with van der Waals surface area (Å²) in [6, 6.07) is 12.2. The molecule has 2 aromatic rings. The molecule has 0 spiro atoms. The van der Waals surface area contributed by atoms with Crippen molar-refractivity contribution in [2.45, 2.75) is 12.8 Å². The van der Waals surface area contributed by atoms with E-state index in [1.807, 2.05) is 0 Å². The van der Waals surface area contributed by atoms with Crippen LogP contribution in [0.25, 0.3) is 0 Å². The van der Waals surface area contributed by atoms with Crippen molar-refractivity contribution in [2.75, 3.05) is 32.2 Å². The Morgan fingerprint density at radius 2 is 1.78 bits per heavy atom. The molecule has 142 valence electrons. The van der Waals surface area contributed by atoms with Crippen molar-refractivity contribution in [3.8, 4) is 17.2 Å². The standard InChI is InChI=1S/C20H22N2O5/c1-25-16-7-4-14(5-8-16)20(24)21-10-2-3-19(23)22-15-6-9-17-18(13-15)27-12-11-26-17/h4-9,13H,2-3,10-12H2,1H3,(H,21,24)(H,22,23). The van der Waals surface area contributed by atoms with Crippen molar-refractivity contribution < 1.29 is 23.8 Å². The lowest BCUT2D eigenvalue weighted by molar-refractivity contribution is -0.116. The fourth-order valence-corrected chi connectivity index (χ4v) is 2.64. The summed E-state index contributed by atoms with van der Waals surface area (Å²) in [6.45, 7) is 1.44. The van der Waals surface area contributed by atoms with Crippen molar-refractivity contribution in [1.82, 2.24) is 5.32 Å². The summed E-state index contributed by atoms with van der Waals surface area (Å²) in [7, 11) is 1.57. The summed E-state index contributed by atoms with van der Waals surface area (Å²) >= 11 is 0. The first-order valence-electron chi connectivity index (χ1n) is 8.77. The van der Waals surface area contributed by atoms with E-state index in [1.165, 1.54) is 0 Å². The number of ether oxygens (including phenoxy) is 3. The molecule has 0 aromatic heterocycles. The van der Waals surface area contributed by atoms with E-state index >= 15 is 0 Å². The smallest absolute Gasteiger partial charge is 0.251 e. The molecule has 1 aliphatic heterocycles. The van der Waals surface area contributed by atoms with Gasteiger partial charge in [0.1, 0.15) is 19.0 Å². The summed E-state index contributed by atoms with van der Waals surface area (Å²) in [5.74, 6) is 1.71. The molecule has 0 atom stereocenters. The van der Waals surface area contributed by atoms with Gasteiger partial charge < -0.3 is 24.8 Å². The van der Waals surface area contributed by atoms with E-state index in [2.05, 4.69) is 10.6 Å². The summed E-state index contributed by atoms with van der Waals surface area (Å²) in [5, 5.41) is 5.62. The van der Waals surface area contributed by atoms with Gasteiger partial charge in [0.25, 0.3) is 5.91 Å². The predicted molar refractivity (Wildman–Crippen MR) is 101 cm³/mol. The van der Waals surface area contributed by atoms with Crippen LogP contribution in [0, 0.1) is 0 Å². The van der Waals surface area contributed by atoms with Crippen LogP contribution in [-0.4, -0.2) is 38.7 Å². The van der Waals surface area contributed by atoms with Gasteiger partial charge in [-0.15, -0.1) is 0 Å². The minimum Gasteiger partial charge on any atom is -0.497 e. The van der Waals surface area contributed by atoms with E-state index in [9.17, 15) is 9.59 Å². The SMILES string of the molecule is COc1ccc(C(=O)NCCCC(=O)Nc2ccc3c(c2)OCCO3)cc1. The second-order valence-electron chi connectivity index (χ2n) is 5.99. The molecule has 2 N–H and O–H groups in total. The lowest BCUT2D eigenvalue weighted by atomic mass is 10.2. The molecule has 0 radical (unpaired) electrons. The number of rotatable bonds is 7. The molecule has 0 saturated carbocycles. The highest BCUT2D eigenvalue weighted by Gasteiger charge is 2.13. The third kappa shape index (κ3) is 5.13. The van der Waals surface area contributed by atoms with Gasteiger partial charge in [-0.1, -0.05) is 0 Å². The number of hydrogen-bond acceptors (Lipinski definition) is 5. The van der Waals surface area contributed by atoms with Crippen LogP contribution in [0.15, 0.2) is 42.5 Å². The third-order valence-electron chi connectivity index (χ3n) is 4.04. The first kappa shape index (κ1) is 18.6. The molecular formula is C20H22N2O5. The Morgan fingerprint density at radius 3 is 2.52 bits per heavy atom. The third-order valence-corrected chi connectivity index (χ3v) is 4.04. The van der Waals surface area contributed by atoms with Gasteiger partial charge in [-0.05, 0) is 42.8 Å². The number of anilines is 1. The van der Waals surface area contributed by atoms with E-state index in [-0.39, 0.29) is 11.8 Å². The summed E-state index contributed by atoms with van der Waals surface area (Å²) < 4.78 is 16.0. The van der Waals surface area contributed by atoms with Crippen LogP contribution >= 0.6 is 0 Å². The van der Waals surface area contributed by atoms with E-state index < -0.39 is 0 Å². The zero-order valence-corrected chi connectivity index (χ0v) is 15.1. The van der Waals surface area contributed by atoms with E-state index in [4.69, 9.17) is 14.2 Å². The van der Waals surface area contributed by atoms with Crippen LogP contribution in [0.1, 0.15) is 23.2 Å². The molecular weight excluding hydrogens is 348 g/mol. The van der Waals surface area contributed by atoms with Crippen LogP contribution in [0.3, 0.4) is 0 Å². The molecule has 0 fully saturated rings. The number of nitrogens with one attached hydrogen (secondary N) is 2. The molecule has 0 saturated heterocycles. The predicted octanol–water partition coefficient (Wildman–Crippen LogP) is 2.62. The Bertz CT molecular complexity index is 805. The molecule has 0 bridgehead atoms. The Hall–Kier alpha value is -3.22. The fourth-order valence-electron chi connectivity index (χ4n) is 2.64. The Labute approximate surface area is 157 Å². The minimum atomic E-state index is -0.176. The number of carbonyl (C=O) groups is 2. The average molecular weight is 370 g/mol. The Kier molecular flexibility index (Phi) is 6.14. The number of amides is 2. The van der Waals surface area contributed by atoms with E-state index in [1.54, 1.807) is 49.6 Å². The summed E-state index contributed by atoms with van der Waals surface area (Å²) in [6.07, 6.45) is 0.843. The molecule has 0 unspecified atom stereocenters. The van der Waals surface area contributed by atoms with Crippen molar-refractivity contribution in [3.05, 3.63) is 48.0 Å². The van der Waals surface area contributed by atoms with Crippen LogP contribution in [0.4, 0.5) is 5.69 Å². The minimum absolute atomic E-state index is 0.120. The number of carbonyl (C=O) groups excluding carboxylic acids is 2. The maximum Gasteiger partial charge on any atom is 0.251 e. The summed E-state index contributed by atoms with van der Waals surface area (Å²) in [4.78, 5) is 24.1.